The molecule has 1 fully saturated rings. The lowest BCUT2D eigenvalue weighted by Gasteiger charge is -2.38. The Hall–Kier alpha value is -1.60. The van der Waals surface area contributed by atoms with Crippen LogP contribution in [0.25, 0.3) is 0 Å². The van der Waals surface area contributed by atoms with Crippen LogP contribution in [0.15, 0.2) is 24.3 Å². The van der Waals surface area contributed by atoms with Gasteiger partial charge in [0.05, 0.1) is 23.8 Å². The molecule has 7 heteroatoms. The van der Waals surface area contributed by atoms with Gasteiger partial charge >= 0.3 is 6.18 Å². The molecule has 128 valence electrons. The summed E-state index contributed by atoms with van der Waals surface area (Å²) in [4.78, 5) is 14.3. The highest BCUT2D eigenvalue weighted by atomic mass is 19.4. The molecule has 0 saturated carbocycles. The Kier molecular flexibility index (Phi) is 5.31. The fourth-order valence-corrected chi connectivity index (χ4v) is 2.69. The summed E-state index contributed by atoms with van der Waals surface area (Å²) in [7, 11) is 0. The number of alkyl halides is 3. The Bertz CT molecular complexity index is 535. The first-order valence-corrected chi connectivity index (χ1v) is 7.54. The molecule has 1 aliphatic rings. The lowest BCUT2D eigenvalue weighted by Crippen LogP contribution is -2.52. The molecule has 0 radical (unpaired) electrons. The Morgan fingerprint density at radius 2 is 1.74 bits per heavy atom. The number of benzene rings is 1. The number of halogens is 3. The monoisotopic (exact) mass is 330 g/mol. The summed E-state index contributed by atoms with van der Waals surface area (Å²) >= 11 is 0. The maximum atomic E-state index is 12.5. The second kappa shape index (κ2) is 6.88. The second-order valence-corrected chi connectivity index (χ2v) is 5.95. The van der Waals surface area contributed by atoms with Gasteiger partial charge in [0.2, 0.25) is 5.91 Å². The number of anilines is 1. The summed E-state index contributed by atoms with van der Waals surface area (Å²) in [6.07, 6.45) is -4.30. The first-order valence-electron chi connectivity index (χ1n) is 7.54. The van der Waals surface area contributed by atoms with Gasteiger partial charge in [0.1, 0.15) is 0 Å². The smallest absolute Gasteiger partial charge is 0.373 e. The standard InChI is InChI=1S/C16H21F3N2O2/c1-10-8-21(9-11(2)23-10)12(3)15(22)20-14-6-4-13(5-7-14)16(17,18)19/h4-7,10-12H,8-9H2,1-3H3,(H,20,22)/t10-,11-,12-/m0/s1. The van der Waals surface area contributed by atoms with Crippen LogP contribution in [0.3, 0.4) is 0 Å². The number of nitrogens with one attached hydrogen (secondary N) is 1. The fourth-order valence-electron chi connectivity index (χ4n) is 2.69. The van der Waals surface area contributed by atoms with E-state index in [0.29, 0.717) is 18.8 Å². The molecule has 0 aromatic heterocycles. The van der Waals surface area contributed by atoms with Gasteiger partial charge in [-0.1, -0.05) is 0 Å². The van der Waals surface area contributed by atoms with Crippen molar-refractivity contribution in [2.75, 3.05) is 18.4 Å². The van der Waals surface area contributed by atoms with Crippen LogP contribution >= 0.6 is 0 Å². The van der Waals surface area contributed by atoms with E-state index in [0.717, 1.165) is 12.1 Å². The van der Waals surface area contributed by atoms with Gasteiger partial charge in [-0.05, 0) is 45.0 Å². The minimum atomic E-state index is -4.38. The Balaban J connectivity index is 1.98. The molecule has 0 unspecified atom stereocenters. The molecule has 1 aromatic carbocycles. The van der Waals surface area contributed by atoms with Crippen LogP contribution in [-0.2, 0) is 15.7 Å². The highest BCUT2D eigenvalue weighted by Crippen LogP contribution is 2.29. The van der Waals surface area contributed by atoms with Crippen molar-refractivity contribution in [3.63, 3.8) is 0 Å². The molecular formula is C16H21F3N2O2. The van der Waals surface area contributed by atoms with Crippen LogP contribution in [-0.4, -0.2) is 42.1 Å². The third-order valence-corrected chi connectivity index (χ3v) is 3.85. The van der Waals surface area contributed by atoms with E-state index in [-0.39, 0.29) is 24.2 Å². The van der Waals surface area contributed by atoms with Crippen LogP contribution in [0.1, 0.15) is 26.3 Å². The maximum absolute atomic E-state index is 12.5. The fraction of sp³-hybridized carbons (Fsp3) is 0.562. The van der Waals surface area contributed by atoms with Crippen molar-refractivity contribution in [3.8, 4) is 0 Å². The minimum Gasteiger partial charge on any atom is -0.373 e. The number of ether oxygens (including phenoxy) is 1. The van der Waals surface area contributed by atoms with Gasteiger partial charge in [-0.2, -0.15) is 13.2 Å². The molecule has 1 saturated heterocycles. The van der Waals surface area contributed by atoms with Crippen LogP contribution in [0.5, 0.6) is 0 Å². The maximum Gasteiger partial charge on any atom is 0.416 e. The third kappa shape index (κ3) is 4.68. The zero-order valence-corrected chi connectivity index (χ0v) is 13.4. The molecule has 0 spiro atoms. The first-order chi connectivity index (χ1) is 10.7. The number of amides is 1. The van der Waals surface area contributed by atoms with E-state index in [1.54, 1.807) is 6.92 Å². The molecule has 1 amide bonds. The van der Waals surface area contributed by atoms with Crippen molar-refractivity contribution >= 4 is 11.6 Å². The molecular weight excluding hydrogens is 309 g/mol. The number of nitrogens with zero attached hydrogens (tertiary/aromatic N) is 1. The van der Waals surface area contributed by atoms with E-state index in [2.05, 4.69) is 5.32 Å². The van der Waals surface area contributed by atoms with Crippen LogP contribution in [0, 0.1) is 0 Å². The lowest BCUT2D eigenvalue weighted by molar-refractivity contribution is -0.137. The van der Waals surface area contributed by atoms with Crippen molar-refractivity contribution in [1.29, 1.82) is 0 Å². The predicted octanol–water partition coefficient (Wildman–Crippen LogP) is 3.14. The summed E-state index contributed by atoms with van der Waals surface area (Å²) in [5.41, 5.74) is -0.386. The highest BCUT2D eigenvalue weighted by Gasteiger charge is 2.31. The molecule has 23 heavy (non-hydrogen) atoms. The van der Waals surface area contributed by atoms with E-state index < -0.39 is 11.7 Å². The van der Waals surface area contributed by atoms with Gasteiger partial charge in [0.15, 0.2) is 0 Å². The molecule has 1 N–H and O–H groups in total. The lowest BCUT2D eigenvalue weighted by atomic mass is 10.1. The zero-order valence-electron chi connectivity index (χ0n) is 13.4. The van der Waals surface area contributed by atoms with Crippen molar-refractivity contribution in [2.45, 2.75) is 45.2 Å². The van der Waals surface area contributed by atoms with Crippen molar-refractivity contribution in [2.24, 2.45) is 0 Å². The summed E-state index contributed by atoms with van der Waals surface area (Å²) in [5.74, 6) is -0.244. The normalized spacial score (nSPS) is 24.3. The second-order valence-electron chi connectivity index (χ2n) is 5.95. The number of carbonyl (C=O) groups is 1. The largest absolute Gasteiger partial charge is 0.416 e. The third-order valence-electron chi connectivity index (χ3n) is 3.85. The number of rotatable bonds is 3. The van der Waals surface area contributed by atoms with Gasteiger partial charge in [0.25, 0.3) is 0 Å². The van der Waals surface area contributed by atoms with Crippen molar-refractivity contribution < 1.29 is 22.7 Å². The van der Waals surface area contributed by atoms with E-state index in [9.17, 15) is 18.0 Å². The minimum absolute atomic E-state index is 0.0417. The average molecular weight is 330 g/mol. The molecule has 4 nitrogen and oxygen atoms in total. The number of hydrogen-bond donors (Lipinski definition) is 1. The zero-order chi connectivity index (χ0) is 17.2. The molecule has 1 heterocycles. The Morgan fingerprint density at radius 3 is 2.22 bits per heavy atom. The molecule has 2 rings (SSSR count). The van der Waals surface area contributed by atoms with E-state index >= 15 is 0 Å². The molecule has 1 aliphatic heterocycles. The quantitative estimate of drug-likeness (QED) is 0.926. The first kappa shape index (κ1) is 17.7. The van der Waals surface area contributed by atoms with Gasteiger partial charge < -0.3 is 10.1 Å². The molecule has 1 aromatic rings. The van der Waals surface area contributed by atoms with Gasteiger partial charge in [-0.25, -0.2) is 0 Å². The van der Waals surface area contributed by atoms with E-state index in [4.69, 9.17) is 4.74 Å². The van der Waals surface area contributed by atoms with E-state index in [1.165, 1.54) is 12.1 Å². The average Bonchev–Trinajstić information content (AvgIpc) is 2.45. The summed E-state index contributed by atoms with van der Waals surface area (Å²) < 4.78 is 43.2. The summed E-state index contributed by atoms with van der Waals surface area (Å²) in [5, 5.41) is 2.66. The van der Waals surface area contributed by atoms with Crippen LogP contribution in [0.2, 0.25) is 0 Å². The summed E-state index contributed by atoms with van der Waals surface area (Å²) in [6, 6.07) is 4.06. The highest BCUT2D eigenvalue weighted by molar-refractivity contribution is 5.94. The van der Waals surface area contributed by atoms with Gasteiger partial charge in [-0.15, -0.1) is 0 Å². The SMILES string of the molecule is C[C@H]1CN([C@@H](C)C(=O)Nc2ccc(C(F)(F)F)cc2)C[C@H](C)O1. The van der Waals surface area contributed by atoms with Crippen LogP contribution < -0.4 is 5.32 Å². The van der Waals surface area contributed by atoms with Crippen molar-refractivity contribution in [1.82, 2.24) is 4.90 Å². The van der Waals surface area contributed by atoms with Gasteiger partial charge in [0, 0.05) is 18.8 Å². The number of hydrogen-bond acceptors (Lipinski definition) is 3. The molecule has 0 bridgehead atoms. The topological polar surface area (TPSA) is 41.6 Å². The van der Waals surface area contributed by atoms with Gasteiger partial charge in [-0.3, -0.25) is 9.69 Å². The molecule has 3 atom stereocenters. The Labute approximate surface area is 133 Å². The molecule has 0 aliphatic carbocycles. The number of morpholine rings is 1. The number of carbonyl (C=O) groups excluding carboxylic acids is 1. The van der Waals surface area contributed by atoms with E-state index in [1.807, 2.05) is 18.7 Å². The predicted molar refractivity (Wildman–Crippen MR) is 81.1 cm³/mol. The van der Waals surface area contributed by atoms with Crippen molar-refractivity contribution in [3.05, 3.63) is 29.8 Å². The summed E-state index contributed by atoms with van der Waals surface area (Å²) in [6.45, 7) is 6.97. The Morgan fingerprint density at radius 1 is 1.22 bits per heavy atom. The van der Waals surface area contributed by atoms with Crippen LogP contribution in [0.4, 0.5) is 18.9 Å².